The van der Waals surface area contributed by atoms with Crippen molar-refractivity contribution in [3.63, 3.8) is 0 Å². The molecule has 1 saturated carbocycles. The van der Waals surface area contributed by atoms with Gasteiger partial charge in [0.25, 0.3) is 5.91 Å². The van der Waals surface area contributed by atoms with Crippen molar-refractivity contribution in [3.05, 3.63) is 35.9 Å². The predicted octanol–water partition coefficient (Wildman–Crippen LogP) is 1.89. The molecular formula is C16H21NO3. The van der Waals surface area contributed by atoms with Crippen molar-refractivity contribution < 1.29 is 14.3 Å². The number of hydrogen-bond donors (Lipinski definition) is 1. The van der Waals surface area contributed by atoms with Gasteiger partial charge in [0.1, 0.15) is 0 Å². The van der Waals surface area contributed by atoms with E-state index < -0.39 is 0 Å². The molecule has 1 aromatic carbocycles. The average Bonchev–Trinajstić information content (AvgIpc) is 3.27. The van der Waals surface area contributed by atoms with Crippen LogP contribution in [0.5, 0.6) is 0 Å². The molecule has 3 unspecified atom stereocenters. The number of amides is 1. The van der Waals surface area contributed by atoms with E-state index in [0.717, 1.165) is 6.42 Å². The second-order valence-corrected chi connectivity index (χ2v) is 6.23. The van der Waals surface area contributed by atoms with Gasteiger partial charge in [-0.25, -0.2) is 0 Å². The van der Waals surface area contributed by atoms with Gasteiger partial charge >= 0.3 is 0 Å². The highest BCUT2D eigenvalue weighted by Gasteiger charge is 2.50. The van der Waals surface area contributed by atoms with Crippen molar-refractivity contribution in [1.82, 2.24) is 5.32 Å². The molecule has 3 rings (SSSR count). The third kappa shape index (κ3) is 2.72. The lowest BCUT2D eigenvalue weighted by molar-refractivity contribution is -0.141. The van der Waals surface area contributed by atoms with Gasteiger partial charge in [-0.15, -0.1) is 0 Å². The first-order valence-corrected chi connectivity index (χ1v) is 7.15. The van der Waals surface area contributed by atoms with Gasteiger partial charge < -0.3 is 14.8 Å². The Morgan fingerprint density at radius 2 is 2.10 bits per heavy atom. The van der Waals surface area contributed by atoms with E-state index in [1.165, 1.54) is 5.56 Å². The molecule has 0 radical (unpaired) electrons. The second-order valence-electron chi connectivity index (χ2n) is 6.23. The minimum atomic E-state index is -0.213. The lowest BCUT2D eigenvalue weighted by Crippen LogP contribution is -2.62. The summed E-state index contributed by atoms with van der Waals surface area (Å²) in [6.07, 6.45) is 0.849. The number of hydrogen-bond acceptors (Lipinski definition) is 3. The second kappa shape index (κ2) is 5.19. The van der Waals surface area contributed by atoms with Crippen LogP contribution in [0.4, 0.5) is 0 Å². The zero-order chi connectivity index (χ0) is 14.2. The average molecular weight is 275 g/mol. The largest absolute Gasteiger partial charge is 0.373 e. The van der Waals surface area contributed by atoms with Gasteiger partial charge in [0.15, 0.2) is 6.10 Å². The smallest absolute Gasteiger partial charge is 0.251 e. The fraction of sp³-hybridized carbons (Fsp3) is 0.562. The van der Waals surface area contributed by atoms with E-state index in [-0.39, 0.29) is 29.6 Å². The Labute approximate surface area is 119 Å². The summed E-state index contributed by atoms with van der Waals surface area (Å²) in [7, 11) is 0. The molecule has 20 heavy (non-hydrogen) atoms. The monoisotopic (exact) mass is 275 g/mol. The fourth-order valence-electron chi connectivity index (χ4n) is 2.65. The van der Waals surface area contributed by atoms with Crippen molar-refractivity contribution in [2.45, 2.75) is 45.1 Å². The summed E-state index contributed by atoms with van der Waals surface area (Å²) < 4.78 is 11.0. The van der Waals surface area contributed by atoms with Crippen molar-refractivity contribution in [2.24, 2.45) is 5.41 Å². The molecule has 1 aliphatic carbocycles. The molecule has 2 fully saturated rings. The highest BCUT2D eigenvalue weighted by molar-refractivity contribution is 5.83. The highest BCUT2D eigenvalue weighted by atomic mass is 16.6. The summed E-state index contributed by atoms with van der Waals surface area (Å²) in [4.78, 5) is 11.7. The summed E-state index contributed by atoms with van der Waals surface area (Å²) in [5.41, 5.74) is 1.15. The van der Waals surface area contributed by atoms with Crippen molar-refractivity contribution in [2.75, 3.05) is 6.61 Å². The molecule has 1 saturated heterocycles. The van der Waals surface area contributed by atoms with Gasteiger partial charge in [-0.1, -0.05) is 44.2 Å². The van der Waals surface area contributed by atoms with Crippen LogP contribution in [0.15, 0.2) is 30.3 Å². The molecule has 1 aliphatic heterocycles. The predicted molar refractivity (Wildman–Crippen MR) is 75.1 cm³/mol. The molecule has 4 heteroatoms. The Balaban J connectivity index is 1.49. The maximum atomic E-state index is 11.7. The Kier molecular flexibility index (Phi) is 3.52. The number of carbonyl (C=O) groups is 1. The van der Waals surface area contributed by atoms with E-state index in [1.54, 1.807) is 0 Å². The minimum absolute atomic E-state index is 0.0181. The fourth-order valence-corrected chi connectivity index (χ4v) is 2.65. The van der Waals surface area contributed by atoms with Gasteiger partial charge in [0.2, 0.25) is 0 Å². The topological polar surface area (TPSA) is 50.9 Å². The Morgan fingerprint density at radius 1 is 1.40 bits per heavy atom. The Hall–Kier alpha value is -1.39. The lowest BCUT2D eigenvalue weighted by Gasteiger charge is -2.51. The van der Waals surface area contributed by atoms with E-state index in [0.29, 0.717) is 13.2 Å². The van der Waals surface area contributed by atoms with E-state index in [1.807, 2.05) is 18.2 Å². The minimum Gasteiger partial charge on any atom is -0.373 e. The molecule has 4 nitrogen and oxygen atoms in total. The van der Waals surface area contributed by atoms with Crippen LogP contribution in [0.3, 0.4) is 0 Å². The number of epoxide rings is 1. The van der Waals surface area contributed by atoms with Crippen LogP contribution in [0.2, 0.25) is 0 Å². The van der Waals surface area contributed by atoms with Gasteiger partial charge in [-0.05, 0) is 12.0 Å². The maximum Gasteiger partial charge on any atom is 0.251 e. The third-order valence-corrected chi connectivity index (χ3v) is 4.41. The van der Waals surface area contributed by atoms with Gasteiger partial charge in [0, 0.05) is 11.5 Å². The number of carbonyl (C=O) groups excluding carboxylic acids is 1. The molecule has 1 amide bonds. The zero-order valence-corrected chi connectivity index (χ0v) is 12.0. The molecule has 0 spiro atoms. The normalized spacial score (nSPS) is 30.4. The number of ether oxygens (including phenoxy) is 2. The summed E-state index contributed by atoms with van der Waals surface area (Å²) >= 11 is 0. The SMILES string of the molecule is CC1(C)C(NC(=O)C2CO2)CC1OCc1ccccc1. The molecule has 1 N–H and O–H groups in total. The van der Waals surface area contributed by atoms with Crippen molar-refractivity contribution in [1.29, 1.82) is 0 Å². The molecule has 1 aromatic rings. The quantitative estimate of drug-likeness (QED) is 0.835. The molecule has 2 aliphatic rings. The molecule has 0 bridgehead atoms. The standard InChI is InChI=1S/C16H21NO3/c1-16(2)13(17-15(18)12-10-19-12)8-14(16)20-9-11-6-4-3-5-7-11/h3-7,12-14H,8-10H2,1-2H3,(H,17,18). The van der Waals surface area contributed by atoms with Gasteiger partial charge in [-0.2, -0.15) is 0 Å². The van der Waals surface area contributed by atoms with Crippen LogP contribution in [-0.4, -0.2) is 30.8 Å². The maximum absolute atomic E-state index is 11.7. The molecular weight excluding hydrogens is 254 g/mol. The highest BCUT2D eigenvalue weighted by Crippen LogP contribution is 2.43. The van der Waals surface area contributed by atoms with E-state index in [4.69, 9.17) is 9.47 Å². The summed E-state index contributed by atoms with van der Waals surface area (Å²) in [6, 6.07) is 10.3. The van der Waals surface area contributed by atoms with Crippen LogP contribution >= 0.6 is 0 Å². The Bertz CT molecular complexity index is 482. The molecule has 3 atom stereocenters. The van der Waals surface area contributed by atoms with Crippen LogP contribution in [0.1, 0.15) is 25.8 Å². The summed E-state index contributed by atoms with van der Waals surface area (Å²) in [5.74, 6) is 0.0181. The first kappa shape index (κ1) is 13.6. The zero-order valence-electron chi connectivity index (χ0n) is 12.0. The first-order valence-electron chi connectivity index (χ1n) is 7.15. The number of benzene rings is 1. The van der Waals surface area contributed by atoms with Crippen molar-refractivity contribution >= 4 is 5.91 Å². The number of rotatable bonds is 5. The molecule has 1 heterocycles. The van der Waals surface area contributed by atoms with E-state index >= 15 is 0 Å². The van der Waals surface area contributed by atoms with E-state index in [9.17, 15) is 4.79 Å². The first-order chi connectivity index (χ1) is 9.57. The Morgan fingerprint density at radius 3 is 2.70 bits per heavy atom. The third-order valence-electron chi connectivity index (χ3n) is 4.41. The van der Waals surface area contributed by atoms with Crippen LogP contribution in [-0.2, 0) is 20.9 Å². The van der Waals surface area contributed by atoms with Crippen LogP contribution < -0.4 is 5.32 Å². The van der Waals surface area contributed by atoms with Gasteiger partial charge in [-0.3, -0.25) is 4.79 Å². The van der Waals surface area contributed by atoms with Crippen molar-refractivity contribution in [3.8, 4) is 0 Å². The van der Waals surface area contributed by atoms with Gasteiger partial charge in [0.05, 0.1) is 19.3 Å². The number of nitrogens with one attached hydrogen (secondary N) is 1. The van der Waals surface area contributed by atoms with Crippen LogP contribution in [0, 0.1) is 5.41 Å². The lowest BCUT2D eigenvalue weighted by atomic mass is 9.64. The summed E-state index contributed by atoms with van der Waals surface area (Å²) in [5, 5.41) is 3.05. The molecule has 0 aromatic heterocycles. The summed E-state index contributed by atoms with van der Waals surface area (Å²) in [6.45, 7) is 5.48. The van der Waals surface area contributed by atoms with Crippen LogP contribution in [0.25, 0.3) is 0 Å². The van der Waals surface area contributed by atoms with E-state index in [2.05, 4.69) is 31.3 Å². The molecule has 108 valence electrons.